The molecule has 2 bridgehead atoms. The quantitative estimate of drug-likeness (QED) is 0.383. The molecule has 8 nitrogen and oxygen atoms in total. The molecule has 3 saturated heterocycles. The van der Waals surface area contributed by atoms with E-state index in [-0.39, 0.29) is 29.2 Å². The third-order valence-corrected chi connectivity index (χ3v) is 8.56. The van der Waals surface area contributed by atoms with E-state index in [2.05, 4.69) is 0 Å². The normalized spacial score (nSPS) is 28.8. The number of para-hydroxylation sites is 2. The highest BCUT2D eigenvalue weighted by molar-refractivity contribution is 6.23. The molecule has 2 amide bonds. The molecule has 3 aromatic carbocycles. The number of rotatable bonds is 3. The molecule has 6 unspecified atom stereocenters. The predicted octanol–water partition coefficient (Wildman–Crippen LogP) is 3.90. The van der Waals surface area contributed by atoms with Gasteiger partial charge in [0.05, 0.1) is 64.0 Å². The minimum absolute atomic E-state index is 0.182. The first-order chi connectivity index (χ1) is 19.0. The van der Waals surface area contributed by atoms with Gasteiger partial charge in [-0.3, -0.25) is 19.4 Å². The topological polar surface area (TPSA) is 92.4 Å². The second kappa shape index (κ2) is 7.97. The van der Waals surface area contributed by atoms with Crippen LogP contribution >= 0.6 is 0 Å². The van der Waals surface area contributed by atoms with Crippen LogP contribution in [-0.4, -0.2) is 35.8 Å². The van der Waals surface area contributed by atoms with Gasteiger partial charge in [-0.15, -0.1) is 0 Å². The van der Waals surface area contributed by atoms with Gasteiger partial charge in [-0.05, 0) is 43.3 Å². The molecule has 3 fully saturated rings. The van der Waals surface area contributed by atoms with Crippen LogP contribution in [0.25, 0.3) is 11.0 Å². The predicted molar refractivity (Wildman–Crippen MR) is 145 cm³/mol. The zero-order valence-corrected chi connectivity index (χ0v) is 20.9. The number of ether oxygens (including phenoxy) is 1. The fourth-order valence-electron chi connectivity index (χ4n) is 6.86. The second-order valence-electron chi connectivity index (χ2n) is 10.6. The summed E-state index contributed by atoms with van der Waals surface area (Å²) in [6.07, 6.45) is 0.319. The minimum atomic E-state index is -0.640. The van der Waals surface area contributed by atoms with Gasteiger partial charge >= 0.3 is 0 Å². The van der Waals surface area contributed by atoms with E-state index in [0.717, 1.165) is 11.3 Å². The number of hydrogen-bond donors (Lipinski definition) is 0. The highest BCUT2D eigenvalue weighted by Crippen LogP contribution is 2.56. The van der Waals surface area contributed by atoms with Crippen LogP contribution in [0.5, 0.6) is 0 Å². The van der Waals surface area contributed by atoms with Gasteiger partial charge in [-0.2, -0.15) is 5.10 Å². The number of fused-ring (bicyclic) bond motifs is 9. The first-order valence-electron chi connectivity index (χ1n) is 13.1. The molecule has 39 heavy (non-hydrogen) atoms. The second-order valence-corrected chi connectivity index (χ2v) is 10.6. The fourth-order valence-corrected chi connectivity index (χ4v) is 6.86. The zero-order chi connectivity index (χ0) is 26.4. The molecule has 5 heterocycles. The van der Waals surface area contributed by atoms with Crippen molar-refractivity contribution in [2.45, 2.75) is 25.2 Å². The van der Waals surface area contributed by atoms with Crippen molar-refractivity contribution in [2.75, 3.05) is 9.91 Å². The third-order valence-electron chi connectivity index (χ3n) is 8.56. The molecule has 0 radical (unpaired) electrons. The summed E-state index contributed by atoms with van der Waals surface area (Å²) in [7, 11) is 0. The molecule has 192 valence electrons. The maximum atomic E-state index is 13.8. The van der Waals surface area contributed by atoms with Gasteiger partial charge in [-0.1, -0.05) is 48.0 Å². The highest BCUT2D eigenvalue weighted by Gasteiger charge is 2.72. The Morgan fingerprint density at radius 2 is 1.44 bits per heavy atom. The van der Waals surface area contributed by atoms with E-state index in [1.165, 1.54) is 11.2 Å². The molecular weight excluding hydrogens is 494 g/mol. The summed E-state index contributed by atoms with van der Waals surface area (Å²) in [6, 6.07) is 23.8. The van der Waals surface area contributed by atoms with Crippen molar-refractivity contribution in [3.8, 4) is 0 Å². The molecule has 0 aliphatic carbocycles. The smallest absolute Gasteiger partial charge is 0.240 e. The Morgan fingerprint density at radius 1 is 0.744 bits per heavy atom. The Hall–Kier alpha value is -4.56. The summed E-state index contributed by atoms with van der Waals surface area (Å²) in [6.45, 7) is 1.96. The van der Waals surface area contributed by atoms with Crippen molar-refractivity contribution in [3.63, 3.8) is 0 Å². The van der Waals surface area contributed by atoms with Gasteiger partial charge in [0.25, 0.3) is 0 Å². The highest BCUT2D eigenvalue weighted by atomic mass is 16.5. The lowest BCUT2D eigenvalue weighted by Gasteiger charge is -2.32. The van der Waals surface area contributed by atoms with Crippen molar-refractivity contribution in [1.29, 1.82) is 0 Å². The van der Waals surface area contributed by atoms with Crippen molar-refractivity contribution < 1.29 is 18.7 Å². The summed E-state index contributed by atoms with van der Waals surface area (Å²) in [5.41, 5.74) is 3.63. The van der Waals surface area contributed by atoms with Crippen LogP contribution < -0.4 is 15.3 Å². The Morgan fingerprint density at radius 3 is 2.21 bits per heavy atom. The maximum absolute atomic E-state index is 13.8. The monoisotopic (exact) mass is 517 g/mol. The van der Waals surface area contributed by atoms with Crippen LogP contribution in [0.3, 0.4) is 0 Å². The zero-order valence-electron chi connectivity index (χ0n) is 20.9. The van der Waals surface area contributed by atoms with Crippen LogP contribution in [0.4, 0.5) is 11.4 Å². The number of amides is 2. The molecule has 6 atom stereocenters. The number of nitrogens with zero attached hydrogens (tertiary/aromatic N) is 3. The first kappa shape index (κ1) is 22.4. The number of benzene rings is 3. The van der Waals surface area contributed by atoms with Crippen molar-refractivity contribution in [3.05, 3.63) is 106 Å². The molecule has 8 heteroatoms. The Balaban J connectivity index is 1.26. The number of hydrazone groups is 1. The number of hydrogen-bond acceptors (Lipinski definition) is 7. The van der Waals surface area contributed by atoms with Crippen molar-refractivity contribution in [2.24, 2.45) is 22.9 Å². The largest absolute Gasteiger partial charge is 0.463 e. The van der Waals surface area contributed by atoms with Gasteiger partial charge < -0.3 is 9.15 Å². The van der Waals surface area contributed by atoms with E-state index in [9.17, 15) is 14.4 Å². The van der Waals surface area contributed by atoms with Gasteiger partial charge in [0, 0.05) is 0 Å². The molecular formula is C31H23N3O5. The molecule has 0 N–H and O–H groups in total. The molecule has 0 spiro atoms. The molecule has 4 aliphatic rings. The van der Waals surface area contributed by atoms with Crippen LogP contribution in [0.15, 0.2) is 99.4 Å². The summed E-state index contributed by atoms with van der Waals surface area (Å²) >= 11 is 0. The van der Waals surface area contributed by atoms with E-state index in [4.69, 9.17) is 14.3 Å². The maximum Gasteiger partial charge on any atom is 0.240 e. The molecule has 1 aromatic heterocycles. The number of imide groups is 1. The van der Waals surface area contributed by atoms with E-state index < -0.39 is 24.0 Å². The van der Waals surface area contributed by atoms with E-state index in [1.807, 2.05) is 60.5 Å². The van der Waals surface area contributed by atoms with E-state index in [1.54, 1.807) is 30.3 Å². The van der Waals surface area contributed by atoms with E-state index >= 15 is 0 Å². The third kappa shape index (κ3) is 2.97. The van der Waals surface area contributed by atoms with Crippen LogP contribution in [0.1, 0.15) is 11.1 Å². The Bertz CT molecular complexity index is 1760. The van der Waals surface area contributed by atoms with E-state index in [0.29, 0.717) is 27.9 Å². The van der Waals surface area contributed by atoms with Crippen molar-refractivity contribution in [1.82, 2.24) is 0 Å². The lowest BCUT2D eigenvalue weighted by Crippen LogP contribution is -2.50. The average Bonchev–Trinajstić information content (AvgIpc) is 3.70. The SMILES string of the molecule is Cc1ccc(N2C(=O)C3C4OC(C3C2=O)C2C4C(c3coc4ccccc4c3=O)=NN2c2ccccc2)cc1. The molecule has 4 aliphatic heterocycles. The first-order valence-corrected chi connectivity index (χ1v) is 13.1. The van der Waals surface area contributed by atoms with Gasteiger partial charge in [0.15, 0.2) is 0 Å². The number of aryl methyl sites for hydroxylation is 1. The summed E-state index contributed by atoms with van der Waals surface area (Å²) < 4.78 is 12.3. The van der Waals surface area contributed by atoms with Gasteiger partial charge in [0.2, 0.25) is 17.2 Å². The van der Waals surface area contributed by atoms with Gasteiger partial charge in [-0.25, -0.2) is 4.90 Å². The summed E-state index contributed by atoms with van der Waals surface area (Å²) in [4.78, 5) is 42.5. The fraction of sp³-hybridized carbons (Fsp3) is 0.226. The standard InChI is InChI=1S/C31H23N3O5/c1-16-11-13-17(14-12-16)33-30(36)22-23(31(33)37)29-26-24(28(22)39-29)25(32-34(26)18-7-3-2-4-8-18)20-15-38-21-10-6-5-9-19(21)27(20)35/h2-15,22-24,26,28-29H,1H3. The van der Waals surface area contributed by atoms with Crippen LogP contribution in [-0.2, 0) is 14.3 Å². The molecule has 0 saturated carbocycles. The lowest BCUT2D eigenvalue weighted by atomic mass is 9.70. The number of carbonyl (C=O) groups excluding carboxylic acids is 2. The summed E-state index contributed by atoms with van der Waals surface area (Å²) in [5, 5.41) is 7.29. The summed E-state index contributed by atoms with van der Waals surface area (Å²) in [5.74, 6) is -2.14. The van der Waals surface area contributed by atoms with Crippen LogP contribution in [0.2, 0.25) is 0 Å². The number of anilines is 2. The van der Waals surface area contributed by atoms with Crippen LogP contribution in [0, 0.1) is 24.7 Å². The lowest BCUT2D eigenvalue weighted by molar-refractivity contribution is -0.125. The van der Waals surface area contributed by atoms with Gasteiger partial charge in [0.1, 0.15) is 11.8 Å². The Kier molecular flexibility index (Phi) is 4.58. The molecule has 8 rings (SSSR count). The number of carbonyl (C=O) groups is 2. The molecule has 4 aromatic rings. The Labute approximate surface area is 223 Å². The minimum Gasteiger partial charge on any atom is -0.463 e. The van der Waals surface area contributed by atoms with Crippen molar-refractivity contribution >= 4 is 39.9 Å². The average molecular weight is 518 g/mol.